The summed E-state index contributed by atoms with van der Waals surface area (Å²) >= 11 is 3.59. The standard InChI is InChI=1S/C14H15BrN2/c1-10-8-9-13(11(2)14(10)15)17-16-12-6-4-3-5-7-12/h3-9,16-17H,1-2H3. The van der Waals surface area contributed by atoms with Gasteiger partial charge in [-0.1, -0.05) is 40.2 Å². The largest absolute Gasteiger partial charge is 0.301 e. The van der Waals surface area contributed by atoms with Crippen molar-refractivity contribution < 1.29 is 0 Å². The minimum absolute atomic E-state index is 1.04. The highest BCUT2D eigenvalue weighted by Crippen LogP contribution is 2.27. The molecule has 0 aliphatic carbocycles. The van der Waals surface area contributed by atoms with Crippen molar-refractivity contribution in [2.75, 3.05) is 10.9 Å². The summed E-state index contributed by atoms with van der Waals surface area (Å²) in [5.74, 6) is 0. The predicted octanol–water partition coefficient (Wildman–Crippen LogP) is 4.50. The Kier molecular flexibility index (Phi) is 3.69. The molecule has 0 amide bonds. The molecule has 0 aromatic heterocycles. The van der Waals surface area contributed by atoms with E-state index in [0.29, 0.717) is 0 Å². The summed E-state index contributed by atoms with van der Waals surface area (Å²) in [7, 11) is 0. The van der Waals surface area contributed by atoms with Crippen LogP contribution in [0.1, 0.15) is 11.1 Å². The van der Waals surface area contributed by atoms with Crippen LogP contribution >= 0.6 is 15.9 Å². The van der Waals surface area contributed by atoms with Crippen molar-refractivity contribution >= 4 is 27.3 Å². The minimum Gasteiger partial charge on any atom is -0.301 e. The van der Waals surface area contributed by atoms with Crippen LogP contribution in [0, 0.1) is 13.8 Å². The zero-order chi connectivity index (χ0) is 12.3. The molecule has 88 valence electrons. The van der Waals surface area contributed by atoms with Gasteiger partial charge in [0.15, 0.2) is 0 Å². The first-order valence-electron chi connectivity index (χ1n) is 5.51. The summed E-state index contributed by atoms with van der Waals surface area (Å²) in [4.78, 5) is 0. The van der Waals surface area contributed by atoms with Crippen LogP contribution in [0.4, 0.5) is 11.4 Å². The van der Waals surface area contributed by atoms with Gasteiger partial charge in [0, 0.05) is 4.47 Å². The number of para-hydroxylation sites is 1. The van der Waals surface area contributed by atoms with Gasteiger partial charge in [-0.15, -0.1) is 0 Å². The topological polar surface area (TPSA) is 24.1 Å². The van der Waals surface area contributed by atoms with Gasteiger partial charge >= 0.3 is 0 Å². The SMILES string of the molecule is Cc1ccc(NNc2ccccc2)c(C)c1Br. The van der Waals surface area contributed by atoms with Crippen LogP contribution in [0.15, 0.2) is 46.9 Å². The van der Waals surface area contributed by atoms with Crippen LogP contribution in [0.2, 0.25) is 0 Å². The van der Waals surface area contributed by atoms with E-state index in [-0.39, 0.29) is 0 Å². The Hall–Kier alpha value is -1.48. The van der Waals surface area contributed by atoms with Crippen LogP contribution in [0.25, 0.3) is 0 Å². The molecule has 0 fully saturated rings. The van der Waals surface area contributed by atoms with Gasteiger partial charge < -0.3 is 10.9 Å². The Labute approximate surface area is 110 Å². The van der Waals surface area contributed by atoms with E-state index in [2.05, 4.69) is 52.8 Å². The van der Waals surface area contributed by atoms with E-state index in [9.17, 15) is 0 Å². The molecule has 0 unspecified atom stereocenters. The van der Waals surface area contributed by atoms with Crippen LogP contribution < -0.4 is 10.9 Å². The molecule has 0 saturated carbocycles. The Morgan fingerprint density at radius 3 is 2.29 bits per heavy atom. The Bertz CT molecular complexity index is 509. The van der Waals surface area contributed by atoms with Gasteiger partial charge in [-0.2, -0.15) is 0 Å². The van der Waals surface area contributed by atoms with E-state index in [1.807, 2.05) is 30.3 Å². The summed E-state index contributed by atoms with van der Waals surface area (Å²) in [5, 5.41) is 0. The first kappa shape index (κ1) is 12.0. The fourth-order valence-corrected chi connectivity index (χ4v) is 1.96. The van der Waals surface area contributed by atoms with Gasteiger partial charge in [0.05, 0.1) is 11.4 Å². The van der Waals surface area contributed by atoms with E-state index < -0.39 is 0 Å². The molecule has 2 aromatic rings. The first-order chi connectivity index (χ1) is 8.18. The Morgan fingerprint density at radius 1 is 0.882 bits per heavy atom. The van der Waals surface area contributed by atoms with Crippen molar-refractivity contribution in [3.8, 4) is 0 Å². The minimum atomic E-state index is 1.04. The Balaban J connectivity index is 2.13. The van der Waals surface area contributed by atoms with Gasteiger partial charge in [-0.3, -0.25) is 0 Å². The lowest BCUT2D eigenvalue weighted by molar-refractivity contribution is 1.30. The second kappa shape index (κ2) is 5.23. The first-order valence-corrected chi connectivity index (χ1v) is 6.30. The monoisotopic (exact) mass is 290 g/mol. The maximum Gasteiger partial charge on any atom is 0.0580 e. The molecular formula is C14H15BrN2. The third-order valence-corrected chi connectivity index (χ3v) is 3.91. The number of halogens is 1. The van der Waals surface area contributed by atoms with Gasteiger partial charge in [0.2, 0.25) is 0 Å². The van der Waals surface area contributed by atoms with Crippen LogP contribution in [0.3, 0.4) is 0 Å². The second-order valence-corrected chi connectivity index (χ2v) is 4.78. The van der Waals surface area contributed by atoms with E-state index in [1.165, 1.54) is 11.1 Å². The number of rotatable bonds is 3. The van der Waals surface area contributed by atoms with Gasteiger partial charge in [0.1, 0.15) is 0 Å². The molecule has 2 N–H and O–H groups in total. The average molecular weight is 291 g/mol. The highest BCUT2D eigenvalue weighted by Gasteiger charge is 2.04. The highest BCUT2D eigenvalue weighted by atomic mass is 79.9. The molecular weight excluding hydrogens is 276 g/mol. The van der Waals surface area contributed by atoms with E-state index in [0.717, 1.165) is 15.8 Å². The molecule has 2 aromatic carbocycles. The van der Waals surface area contributed by atoms with Gasteiger partial charge in [-0.25, -0.2) is 0 Å². The molecule has 0 heterocycles. The third kappa shape index (κ3) is 2.80. The fraction of sp³-hybridized carbons (Fsp3) is 0.143. The smallest absolute Gasteiger partial charge is 0.0580 e. The molecule has 0 spiro atoms. The normalized spacial score (nSPS) is 10.1. The quantitative estimate of drug-likeness (QED) is 0.813. The van der Waals surface area contributed by atoms with Crippen molar-refractivity contribution in [3.63, 3.8) is 0 Å². The molecule has 17 heavy (non-hydrogen) atoms. The van der Waals surface area contributed by atoms with Crippen molar-refractivity contribution in [2.24, 2.45) is 0 Å². The van der Waals surface area contributed by atoms with E-state index >= 15 is 0 Å². The van der Waals surface area contributed by atoms with Crippen molar-refractivity contribution in [2.45, 2.75) is 13.8 Å². The third-order valence-electron chi connectivity index (χ3n) is 2.69. The lowest BCUT2D eigenvalue weighted by atomic mass is 10.1. The number of hydrogen-bond acceptors (Lipinski definition) is 2. The average Bonchev–Trinajstić information content (AvgIpc) is 2.36. The zero-order valence-corrected chi connectivity index (χ0v) is 11.5. The van der Waals surface area contributed by atoms with Crippen LogP contribution in [0.5, 0.6) is 0 Å². The maximum atomic E-state index is 3.59. The highest BCUT2D eigenvalue weighted by molar-refractivity contribution is 9.10. The lowest BCUT2D eigenvalue weighted by Gasteiger charge is -2.14. The summed E-state index contributed by atoms with van der Waals surface area (Å²) < 4.78 is 1.15. The number of hydrazine groups is 1. The molecule has 0 aliphatic rings. The van der Waals surface area contributed by atoms with Crippen LogP contribution in [-0.4, -0.2) is 0 Å². The molecule has 2 nitrogen and oxygen atoms in total. The van der Waals surface area contributed by atoms with E-state index in [1.54, 1.807) is 0 Å². The molecule has 3 heteroatoms. The molecule has 0 bridgehead atoms. The number of benzene rings is 2. The number of hydrogen-bond donors (Lipinski definition) is 2. The molecule has 0 atom stereocenters. The molecule has 2 rings (SSSR count). The molecule has 0 radical (unpaired) electrons. The van der Waals surface area contributed by atoms with Crippen molar-refractivity contribution in [3.05, 3.63) is 58.1 Å². The second-order valence-electron chi connectivity index (χ2n) is 3.99. The van der Waals surface area contributed by atoms with Gasteiger partial charge in [-0.05, 0) is 43.2 Å². The van der Waals surface area contributed by atoms with Gasteiger partial charge in [0.25, 0.3) is 0 Å². The summed E-state index contributed by atoms with van der Waals surface area (Å²) in [6, 6.07) is 14.2. The zero-order valence-electron chi connectivity index (χ0n) is 9.92. The number of anilines is 2. The van der Waals surface area contributed by atoms with Crippen LogP contribution in [-0.2, 0) is 0 Å². The number of aryl methyl sites for hydroxylation is 1. The predicted molar refractivity (Wildman–Crippen MR) is 77.3 cm³/mol. The summed E-state index contributed by atoms with van der Waals surface area (Å²) in [6.07, 6.45) is 0. The van der Waals surface area contributed by atoms with E-state index in [4.69, 9.17) is 0 Å². The van der Waals surface area contributed by atoms with Crippen molar-refractivity contribution in [1.82, 2.24) is 0 Å². The summed E-state index contributed by atoms with van der Waals surface area (Å²) in [5.41, 5.74) is 11.0. The molecule has 0 saturated heterocycles. The number of nitrogens with one attached hydrogen (secondary N) is 2. The fourth-order valence-electron chi connectivity index (χ4n) is 1.62. The lowest BCUT2D eigenvalue weighted by Crippen LogP contribution is -2.09. The molecule has 0 aliphatic heterocycles. The van der Waals surface area contributed by atoms with Crippen molar-refractivity contribution in [1.29, 1.82) is 0 Å². The summed E-state index contributed by atoms with van der Waals surface area (Å²) in [6.45, 7) is 4.18. The maximum absolute atomic E-state index is 3.59. The Morgan fingerprint density at radius 2 is 1.59 bits per heavy atom.